The topological polar surface area (TPSA) is 38.1 Å². The molecule has 44 heavy (non-hydrogen) atoms. The highest BCUT2D eigenvalue weighted by atomic mass is 14.7. The summed E-state index contributed by atoms with van der Waals surface area (Å²) in [6.45, 7) is 6.75. The van der Waals surface area contributed by atoms with Crippen molar-refractivity contribution in [2.75, 3.05) is 0 Å². The molecule has 0 aliphatic carbocycles. The lowest BCUT2D eigenvalue weighted by Gasteiger charge is -2.17. The fourth-order valence-corrected chi connectivity index (χ4v) is 6.08. The molecular formula is C41H29N3. The first-order valence-corrected chi connectivity index (χ1v) is 14.6. The van der Waals surface area contributed by atoms with Crippen molar-refractivity contribution >= 4 is 49.4 Å². The zero-order valence-corrected chi connectivity index (χ0v) is 24.2. The number of allylic oxidation sites excluding steroid dienone is 1. The van der Waals surface area contributed by atoms with E-state index in [1.807, 2.05) is 36.7 Å². The predicted octanol–water partition coefficient (Wildman–Crippen LogP) is 10.9. The molecule has 6 aromatic carbocycles. The SMILES string of the molecule is C=CC=NC=C.c1ccc(-c2ccc(-c3ccc4ccc5c(-c6cccc7cccnc67)ccc6ccc3c4c65)cc2)nc1. The van der Waals surface area contributed by atoms with Gasteiger partial charge in [-0.1, -0.05) is 122 Å². The summed E-state index contributed by atoms with van der Waals surface area (Å²) in [6, 6.07) is 43.5. The van der Waals surface area contributed by atoms with Crippen LogP contribution in [0, 0.1) is 0 Å². The highest BCUT2D eigenvalue weighted by Gasteiger charge is 2.16. The highest BCUT2D eigenvalue weighted by Crippen LogP contribution is 2.43. The molecule has 0 unspecified atom stereocenters. The van der Waals surface area contributed by atoms with Gasteiger partial charge in [0.1, 0.15) is 0 Å². The van der Waals surface area contributed by atoms with Crippen LogP contribution in [0.25, 0.3) is 76.7 Å². The average molecular weight is 564 g/mol. The second-order valence-corrected chi connectivity index (χ2v) is 10.5. The minimum atomic E-state index is 0.991. The first-order valence-electron chi connectivity index (χ1n) is 14.6. The molecule has 8 aromatic rings. The van der Waals surface area contributed by atoms with Gasteiger partial charge in [-0.15, -0.1) is 0 Å². The quantitative estimate of drug-likeness (QED) is 0.154. The molecule has 3 heteroatoms. The van der Waals surface area contributed by atoms with Gasteiger partial charge in [0.25, 0.3) is 0 Å². The van der Waals surface area contributed by atoms with E-state index in [1.54, 1.807) is 12.3 Å². The first-order chi connectivity index (χ1) is 21.8. The number of hydrogen-bond acceptors (Lipinski definition) is 3. The molecule has 0 atom stereocenters. The van der Waals surface area contributed by atoms with E-state index in [4.69, 9.17) is 4.98 Å². The monoisotopic (exact) mass is 563 g/mol. The van der Waals surface area contributed by atoms with Gasteiger partial charge in [-0.3, -0.25) is 15.0 Å². The fourth-order valence-electron chi connectivity index (χ4n) is 6.08. The Morgan fingerprint density at radius 1 is 0.500 bits per heavy atom. The highest BCUT2D eigenvalue weighted by molar-refractivity contribution is 6.28. The van der Waals surface area contributed by atoms with Crippen molar-refractivity contribution in [2.45, 2.75) is 0 Å². The van der Waals surface area contributed by atoms with Crippen molar-refractivity contribution in [2.24, 2.45) is 4.99 Å². The van der Waals surface area contributed by atoms with Crippen LogP contribution in [0.2, 0.25) is 0 Å². The Labute approximate surface area is 256 Å². The van der Waals surface area contributed by atoms with Crippen LogP contribution in [0.1, 0.15) is 0 Å². The van der Waals surface area contributed by atoms with Crippen LogP contribution in [0.3, 0.4) is 0 Å². The zero-order chi connectivity index (χ0) is 29.9. The van der Waals surface area contributed by atoms with E-state index in [9.17, 15) is 0 Å². The van der Waals surface area contributed by atoms with Crippen molar-refractivity contribution in [1.29, 1.82) is 0 Å². The summed E-state index contributed by atoms with van der Waals surface area (Å²) >= 11 is 0. The molecule has 0 N–H and O–H groups in total. The van der Waals surface area contributed by atoms with Crippen LogP contribution in [-0.2, 0) is 0 Å². The van der Waals surface area contributed by atoms with E-state index < -0.39 is 0 Å². The Bertz CT molecular complexity index is 2280. The number of fused-ring (bicyclic) bond motifs is 1. The van der Waals surface area contributed by atoms with Crippen molar-refractivity contribution in [1.82, 2.24) is 9.97 Å². The van der Waals surface area contributed by atoms with Gasteiger partial charge in [0.05, 0.1) is 11.2 Å². The number of pyridine rings is 2. The lowest BCUT2D eigenvalue weighted by atomic mass is 9.87. The van der Waals surface area contributed by atoms with Gasteiger partial charge in [0.2, 0.25) is 0 Å². The van der Waals surface area contributed by atoms with Crippen LogP contribution in [0.5, 0.6) is 0 Å². The largest absolute Gasteiger partial charge is 0.265 e. The Kier molecular flexibility index (Phi) is 7.19. The maximum Gasteiger partial charge on any atom is 0.0780 e. The molecule has 3 nitrogen and oxygen atoms in total. The minimum absolute atomic E-state index is 0.991. The van der Waals surface area contributed by atoms with E-state index in [0.29, 0.717) is 0 Å². The lowest BCUT2D eigenvalue weighted by molar-refractivity contribution is 1.33. The second kappa shape index (κ2) is 11.7. The maximum absolute atomic E-state index is 4.74. The van der Waals surface area contributed by atoms with Crippen LogP contribution in [0.4, 0.5) is 0 Å². The molecular weight excluding hydrogens is 534 g/mol. The molecule has 208 valence electrons. The number of nitrogens with zero attached hydrogens (tertiary/aromatic N) is 3. The minimum Gasteiger partial charge on any atom is -0.265 e. The summed E-state index contributed by atoms with van der Waals surface area (Å²) in [5.41, 5.74) is 8.01. The van der Waals surface area contributed by atoms with E-state index in [0.717, 1.165) is 22.2 Å². The van der Waals surface area contributed by atoms with Gasteiger partial charge in [0.15, 0.2) is 0 Å². The number of hydrogen-bond donors (Lipinski definition) is 0. The Hall–Kier alpha value is -5.93. The van der Waals surface area contributed by atoms with Gasteiger partial charge in [-0.2, -0.15) is 0 Å². The second-order valence-electron chi connectivity index (χ2n) is 10.5. The Morgan fingerprint density at radius 2 is 1.16 bits per heavy atom. The molecule has 0 spiro atoms. The number of para-hydroxylation sites is 1. The number of aliphatic imine (C=N–C) groups is 1. The van der Waals surface area contributed by atoms with Crippen LogP contribution in [0.15, 0.2) is 164 Å². The van der Waals surface area contributed by atoms with Crippen molar-refractivity contribution in [3.8, 4) is 33.5 Å². The molecule has 2 aromatic heterocycles. The van der Waals surface area contributed by atoms with Gasteiger partial charge < -0.3 is 0 Å². The molecule has 0 saturated heterocycles. The smallest absolute Gasteiger partial charge is 0.0780 e. The summed E-state index contributed by atoms with van der Waals surface area (Å²) in [5, 5.41) is 8.87. The van der Waals surface area contributed by atoms with E-state index in [1.165, 1.54) is 60.8 Å². The maximum atomic E-state index is 4.74. The van der Waals surface area contributed by atoms with Crippen molar-refractivity contribution in [3.05, 3.63) is 159 Å². The van der Waals surface area contributed by atoms with Crippen LogP contribution < -0.4 is 0 Å². The third kappa shape index (κ3) is 4.81. The number of aromatic nitrogens is 2. The summed E-state index contributed by atoms with van der Waals surface area (Å²) in [5.74, 6) is 0. The van der Waals surface area contributed by atoms with E-state index in [-0.39, 0.29) is 0 Å². The molecule has 0 bridgehead atoms. The molecule has 0 aliphatic rings. The predicted molar refractivity (Wildman–Crippen MR) is 188 cm³/mol. The van der Waals surface area contributed by atoms with Gasteiger partial charge in [0, 0.05) is 41.3 Å². The lowest BCUT2D eigenvalue weighted by Crippen LogP contribution is -1.91. The standard InChI is InChI=1S/C36H22N2.C5H7N/c1-2-21-37-33(8-1)24-11-9-23(10-12-24)28-17-13-25-16-20-31-29(18-14-26-15-19-30(28)34(25)35(26)31)32-7-3-5-27-6-4-22-38-36(27)32;1-3-5-6-4-2/h1-22H;3-5H,1-2H2. The van der Waals surface area contributed by atoms with E-state index in [2.05, 4.69) is 120 Å². The third-order valence-corrected chi connectivity index (χ3v) is 8.04. The fraction of sp³-hybridized carbons (Fsp3) is 0. The van der Waals surface area contributed by atoms with Crippen LogP contribution in [-0.4, -0.2) is 16.2 Å². The summed E-state index contributed by atoms with van der Waals surface area (Å²) in [4.78, 5) is 12.9. The first kappa shape index (κ1) is 26.9. The van der Waals surface area contributed by atoms with Gasteiger partial charge >= 0.3 is 0 Å². The van der Waals surface area contributed by atoms with Crippen molar-refractivity contribution < 1.29 is 0 Å². The van der Waals surface area contributed by atoms with Gasteiger partial charge in [-0.05, 0) is 67.2 Å². The molecule has 0 fully saturated rings. The molecule has 8 rings (SSSR count). The summed E-state index contributed by atoms with van der Waals surface area (Å²) in [7, 11) is 0. The van der Waals surface area contributed by atoms with Crippen LogP contribution >= 0.6 is 0 Å². The van der Waals surface area contributed by atoms with E-state index >= 15 is 0 Å². The van der Waals surface area contributed by atoms with Crippen molar-refractivity contribution in [3.63, 3.8) is 0 Å². The summed E-state index contributed by atoms with van der Waals surface area (Å²) in [6.07, 6.45) is 8.36. The summed E-state index contributed by atoms with van der Waals surface area (Å²) < 4.78 is 0. The Morgan fingerprint density at radius 3 is 1.84 bits per heavy atom. The molecule has 0 radical (unpaired) electrons. The average Bonchev–Trinajstić information content (AvgIpc) is 3.10. The molecule has 0 amide bonds. The number of rotatable bonds is 5. The Balaban J connectivity index is 0.000000477. The number of benzene rings is 6. The normalized spacial score (nSPS) is 11.3. The molecule has 0 aliphatic heterocycles. The molecule has 2 heterocycles. The molecule has 0 saturated carbocycles. The third-order valence-electron chi connectivity index (χ3n) is 8.04. The zero-order valence-electron chi connectivity index (χ0n) is 24.2. The van der Waals surface area contributed by atoms with Gasteiger partial charge in [-0.25, -0.2) is 0 Å².